The van der Waals surface area contributed by atoms with Gasteiger partial charge in [0.05, 0.1) is 0 Å². The van der Waals surface area contributed by atoms with E-state index >= 15 is 0 Å². The fourth-order valence-corrected chi connectivity index (χ4v) is 1.40. The summed E-state index contributed by atoms with van der Waals surface area (Å²) in [7, 11) is 0. The van der Waals surface area contributed by atoms with Crippen LogP contribution in [0.5, 0.6) is 0 Å². The first-order valence-corrected chi connectivity index (χ1v) is 4.17. The smallest absolute Gasteiger partial charge is 0.0482 e. The van der Waals surface area contributed by atoms with Crippen LogP contribution in [0.15, 0.2) is 47.6 Å². The first-order valence-electron chi connectivity index (χ1n) is 4.17. The number of benzene rings is 1. The first-order chi connectivity index (χ1) is 5.86. The molecule has 1 heteroatoms. The summed E-state index contributed by atoms with van der Waals surface area (Å²) in [5.74, 6) is 0. The maximum atomic E-state index is 4.38. The van der Waals surface area contributed by atoms with Crippen molar-refractivity contribution in [1.29, 1.82) is 0 Å². The molecule has 0 aromatic heterocycles. The summed E-state index contributed by atoms with van der Waals surface area (Å²) >= 11 is 0. The van der Waals surface area contributed by atoms with Gasteiger partial charge in [0, 0.05) is 11.4 Å². The van der Waals surface area contributed by atoms with Crippen molar-refractivity contribution in [3.63, 3.8) is 0 Å². The van der Waals surface area contributed by atoms with E-state index < -0.39 is 0 Å². The summed E-state index contributed by atoms with van der Waals surface area (Å²) in [5.41, 5.74) is 3.42. The van der Waals surface area contributed by atoms with Crippen molar-refractivity contribution in [3.8, 4) is 0 Å². The molecule has 0 saturated heterocycles. The fourth-order valence-electron chi connectivity index (χ4n) is 1.40. The molecule has 0 aliphatic carbocycles. The van der Waals surface area contributed by atoms with Crippen LogP contribution in [0.2, 0.25) is 0 Å². The summed E-state index contributed by atoms with van der Waals surface area (Å²) in [5, 5.41) is 0. The minimum Gasteiger partial charge on any atom is -0.258 e. The topological polar surface area (TPSA) is 12.4 Å². The van der Waals surface area contributed by atoms with Crippen LogP contribution in [0, 0.1) is 0 Å². The third-order valence-corrected chi connectivity index (χ3v) is 2.05. The fraction of sp³-hybridized carbons (Fsp3) is 0.182. The third kappa shape index (κ3) is 1.30. The zero-order valence-corrected chi connectivity index (χ0v) is 6.96. The predicted octanol–water partition coefficient (Wildman–Crippen LogP) is 2.78. The number of allylic oxidation sites excluding steroid dienone is 1. The third-order valence-electron chi connectivity index (χ3n) is 2.05. The van der Waals surface area contributed by atoms with Gasteiger partial charge in [0.2, 0.25) is 0 Å². The van der Waals surface area contributed by atoms with Crippen molar-refractivity contribution in [3.05, 3.63) is 48.2 Å². The lowest BCUT2D eigenvalue weighted by Gasteiger charge is -1.96. The van der Waals surface area contributed by atoms with Crippen molar-refractivity contribution in [1.82, 2.24) is 0 Å². The molecule has 0 spiro atoms. The molecule has 1 aliphatic rings. The molecule has 60 valence electrons. The highest BCUT2D eigenvalue weighted by atomic mass is 14.8. The van der Waals surface area contributed by atoms with Crippen LogP contribution in [0.1, 0.15) is 18.4 Å². The molecular weight excluding hydrogens is 146 g/mol. The molecule has 1 aromatic rings. The minimum atomic E-state index is 1.01. The number of rotatable bonds is 1. The Labute approximate surface area is 72.5 Å². The molecule has 1 nitrogen and oxygen atoms in total. The standard InChI is InChI=1S/C11H11N/c1-9-7-8-11(12-9)10-5-3-2-4-6-10/h2-6H,1,7-8H2. The van der Waals surface area contributed by atoms with E-state index in [1.165, 1.54) is 11.3 Å². The van der Waals surface area contributed by atoms with Gasteiger partial charge < -0.3 is 0 Å². The lowest BCUT2D eigenvalue weighted by atomic mass is 10.1. The van der Waals surface area contributed by atoms with Gasteiger partial charge >= 0.3 is 0 Å². The van der Waals surface area contributed by atoms with E-state index in [1.807, 2.05) is 18.2 Å². The maximum absolute atomic E-state index is 4.38. The van der Waals surface area contributed by atoms with E-state index in [9.17, 15) is 0 Å². The van der Waals surface area contributed by atoms with E-state index in [2.05, 4.69) is 23.7 Å². The van der Waals surface area contributed by atoms with Gasteiger partial charge in [-0.3, -0.25) is 4.99 Å². The Morgan fingerprint density at radius 2 is 1.83 bits per heavy atom. The van der Waals surface area contributed by atoms with Gasteiger partial charge in [-0.25, -0.2) is 0 Å². The summed E-state index contributed by atoms with van der Waals surface area (Å²) in [6, 6.07) is 10.3. The molecule has 0 amide bonds. The van der Waals surface area contributed by atoms with Crippen molar-refractivity contribution in [2.45, 2.75) is 12.8 Å². The van der Waals surface area contributed by atoms with Crippen LogP contribution in [-0.2, 0) is 0 Å². The lowest BCUT2D eigenvalue weighted by Crippen LogP contribution is -1.93. The van der Waals surface area contributed by atoms with E-state index in [0.29, 0.717) is 0 Å². The molecule has 2 rings (SSSR count). The predicted molar refractivity (Wildman–Crippen MR) is 51.4 cm³/mol. The van der Waals surface area contributed by atoms with E-state index in [0.717, 1.165) is 18.5 Å². The molecule has 1 aromatic carbocycles. The molecule has 0 bridgehead atoms. The van der Waals surface area contributed by atoms with Crippen LogP contribution in [0.3, 0.4) is 0 Å². The van der Waals surface area contributed by atoms with Gasteiger partial charge in [-0.2, -0.15) is 0 Å². The highest BCUT2D eigenvalue weighted by molar-refractivity contribution is 6.02. The van der Waals surface area contributed by atoms with E-state index in [1.54, 1.807) is 0 Å². The molecule has 0 radical (unpaired) electrons. The Morgan fingerprint density at radius 3 is 2.42 bits per heavy atom. The van der Waals surface area contributed by atoms with Gasteiger partial charge in [0.1, 0.15) is 0 Å². The van der Waals surface area contributed by atoms with Gasteiger partial charge in [-0.05, 0) is 18.4 Å². The van der Waals surface area contributed by atoms with Crippen LogP contribution in [-0.4, -0.2) is 5.71 Å². The van der Waals surface area contributed by atoms with E-state index in [4.69, 9.17) is 0 Å². The molecule has 1 heterocycles. The largest absolute Gasteiger partial charge is 0.258 e. The molecule has 0 atom stereocenters. The van der Waals surface area contributed by atoms with Crippen molar-refractivity contribution < 1.29 is 0 Å². The second kappa shape index (κ2) is 2.94. The lowest BCUT2D eigenvalue weighted by molar-refractivity contribution is 1.08. The summed E-state index contributed by atoms with van der Waals surface area (Å²) in [6.45, 7) is 3.84. The summed E-state index contributed by atoms with van der Waals surface area (Å²) in [6.07, 6.45) is 2.06. The number of aliphatic imine (C=N–C) groups is 1. The van der Waals surface area contributed by atoms with Crippen molar-refractivity contribution in [2.75, 3.05) is 0 Å². The quantitative estimate of drug-likeness (QED) is 0.594. The number of nitrogens with zero attached hydrogens (tertiary/aromatic N) is 1. The Kier molecular flexibility index (Phi) is 1.78. The van der Waals surface area contributed by atoms with Crippen molar-refractivity contribution in [2.24, 2.45) is 4.99 Å². The molecular formula is C11H11N. The number of hydrogen-bond acceptors (Lipinski definition) is 1. The first kappa shape index (κ1) is 7.29. The van der Waals surface area contributed by atoms with E-state index in [-0.39, 0.29) is 0 Å². The van der Waals surface area contributed by atoms with Crippen LogP contribution >= 0.6 is 0 Å². The van der Waals surface area contributed by atoms with Crippen LogP contribution in [0.4, 0.5) is 0 Å². The second-order valence-electron chi connectivity index (χ2n) is 2.99. The normalized spacial score (nSPS) is 16.3. The Bertz CT molecular complexity index is 322. The van der Waals surface area contributed by atoms with Crippen LogP contribution in [0.25, 0.3) is 0 Å². The molecule has 0 unspecified atom stereocenters. The molecule has 0 N–H and O–H groups in total. The highest BCUT2D eigenvalue weighted by Gasteiger charge is 2.10. The maximum Gasteiger partial charge on any atom is 0.0482 e. The Morgan fingerprint density at radius 1 is 1.08 bits per heavy atom. The zero-order chi connectivity index (χ0) is 8.39. The zero-order valence-electron chi connectivity index (χ0n) is 6.96. The monoisotopic (exact) mass is 157 g/mol. The molecule has 0 saturated carbocycles. The summed E-state index contributed by atoms with van der Waals surface area (Å²) in [4.78, 5) is 4.38. The molecule has 1 aliphatic heterocycles. The second-order valence-corrected chi connectivity index (χ2v) is 2.99. The van der Waals surface area contributed by atoms with Gasteiger partial charge in [-0.1, -0.05) is 36.9 Å². The van der Waals surface area contributed by atoms with Gasteiger partial charge in [0.15, 0.2) is 0 Å². The molecule has 0 fully saturated rings. The molecule has 12 heavy (non-hydrogen) atoms. The Balaban J connectivity index is 2.33. The average molecular weight is 157 g/mol. The van der Waals surface area contributed by atoms with Crippen LogP contribution < -0.4 is 0 Å². The summed E-state index contributed by atoms with van der Waals surface area (Å²) < 4.78 is 0. The SMILES string of the molecule is C=C1CCC(c2ccccc2)=N1. The number of hydrogen-bond donors (Lipinski definition) is 0. The van der Waals surface area contributed by atoms with Gasteiger partial charge in [0.25, 0.3) is 0 Å². The minimum absolute atomic E-state index is 1.01. The van der Waals surface area contributed by atoms with Crippen molar-refractivity contribution >= 4 is 5.71 Å². The average Bonchev–Trinajstić information content (AvgIpc) is 2.54. The van der Waals surface area contributed by atoms with Gasteiger partial charge in [-0.15, -0.1) is 0 Å². The highest BCUT2D eigenvalue weighted by Crippen LogP contribution is 2.19. The Hall–Kier alpha value is -1.37.